The van der Waals surface area contributed by atoms with Gasteiger partial charge in [-0.2, -0.15) is 0 Å². The molecule has 0 aliphatic carbocycles. The zero-order valence-corrected chi connectivity index (χ0v) is 26.1. The number of furan rings is 1. The van der Waals surface area contributed by atoms with Crippen molar-refractivity contribution in [3.8, 4) is 22.3 Å². The quantitative estimate of drug-likeness (QED) is 0.132. The lowest BCUT2D eigenvalue weighted by Gasteiger charge is -2.18. The first kappa shape index (κ1) is 12.2. The number of hydrogen-bond donors (Lipinski definition) is 0. The third-order valence-corrected chi connectivity index (χ3v) is 8.81. The fourth-order valence-electron chi connectivity index (χ4n) is 6.60. The molecule has 0 aliphatic rings. The van der Waals surface area contributed by atoms with Crippen LogP contribution in [0.1, 0.15) is 52.2 Å². The van der Waals surface area contributed by atoms with Crippen molar-refractivity contribution in [1.82, 2.24) is 0 Å². The lowest BCUT2D eigenvalue weighted by Crippen LogP contribution is -1.93. The molecule has 1 heterocycles. The Hall–Kier alpha value is -6.70. The standard InChI is InChI=1S/C51H32O/c1-3-16-38-33(12-1)23-26-39-35(14-10-22-41(38)39)29-32-11-9-15-36(30-32)49-42-18-5-7-20-44(42)50(45-21-8-6-19-43(45)49)37-25-27-47-46(31-37)51-40-17-4-2-13-34(40)24-28-48(51)52-47/h1-28,30-31H,29H2/i1D,2D,3D,4D,5D,6D,7D,8D,9D,10D,11D,12D,13D,14D,15D,16D,17D,18D,19D,20D,21D,22D,23D,24D,25D,26D,27D,28D,30D,31D. The SMILES string of the molecule is [2H]c1c([2H])c(Cc2c([2H])c([2H])c([2H])c3c2c([2H])c([2H])c2c([2H])c([2H])c([2H])c([2H])c23)c([2H])c(-c2c3c([2H])c([2H])c([2H])c([2H])c3c(-c3c([2H])c([2H])c4oc5c([2H])c([2H])c6c([2H])c([2H])c([2H])c([2H])c6c5c4c3[2H])c3c([2H])c([2H])c([2H])c([2H])c23)c1[2H]. The molecule has 11 aromatic rings. The van der Waals surface area contributed by atoms with Crippen molar-refractivity contribution in [3.63, 3.8) is 0 Å². The maximum Gasteiger partial charge on any atom is 0.136 e. The average molecular weight is 691 g/mol. The minimum atomic E-state index is -1.04. The van der Waals surface area contributed by atoms with Crippen LogP contribution in [0.5, 0.6) is 0 Å². The number of hydrogen-bond acceptors (Lipinski definition) is 1. The smallest absolute Gasteiger partial charge is 0.136 e. The molecule has 0 radical (unpaired) electrons. The molecule has 242 valence electrons. The molecule has 0 bridgehead atoms. The highest BCUT2D eigenvalue weighted by Gasteiger charge is 2.19. The number of fused-ring (bicyclic) bond motifs is 10. The van der Waals surface area contributed by atoms with Crippen LogP contribution in [0.25, 0.3) is 98.1 Å². The first-order valence-electron chi connectivity index (χ1n) is 30.6. The molecule has 0 saturated heterocycles. The minimum absolute atomic E-state index is 0.414. The Bertz CT molecular complexity index is 4870. The molecule has 1 heteroatoms. The molecule has 11 rings (SSSR count). The zero-order chi connectivity index (χ0) is 60.3. The van der Waals surface area contributed by atoms with Crippen LogP contribution >= 0.6 is 0 Å². The van der Waals surface area contributed by atoms with Crippen LogP contribution in [-0.2, 0) is 6.42 Å². The van der Waals surface area contributed by atoms with Gasteiger partial charge < -0.3 is 4.42 Å². The van der Waals surface area contributed by atoms with Crippen LogP contribution in [0.4, 0.5) is 0 Å². The maximum absolute atomic E-state index is 9.96. The summed E-state index contributed by atoms with van der Waals surface area (Å²) < 4.78 is 278. The highest BCUT2D eigenvalue weighted by atomic mass is 16.3. The maximum atomic E-state index is 9.96. The third-order valence-electron chi connectivity index (χ3n) is 8.81. The first-order valence-corrected chi connectivity index (χ1v) is 15.6. The fraction of sp³-hybridized carbons (Fsp3) is 0.0196. The van der Waals surface area contributed by atoms with Gasteiger partial charge in [-0.25, -0.2) is 0 Å². The molecule has 0 aliphatic heterocycles. The summed E-state index contributed by atoms with van der Waals surface area (Å²) in [6, 6.07) is -26.6. The molecule has 0 fully saturated rings. The Morgan fingerprint density at radius 2 is 0.923 bits per heavy atom. The van der Waals surface area contributed by atoms with Crippen molar-refractivity contribution < 1.29 is 45.5 Å². The van der Waals surface area contributed by atoms with E-state index in [2.05, 4.69) is 0 Å². The molecule has 0 unspecified atom stereocenters. The van der Waals surface area contributed by atoms with Gasteiger partial charge in [-0.15, -0.1) is 0 Å². The lowest BCUT2D eigenvalue weighted by molar-refractivity contribution is 0.669. The van der Waals surface area contributed by atoms with E-state index in [-0.39, 0.29) is 0 Å². The molecule has 0 saturated carbocycles. The number of benzene rings is 10. The van der Waals surface area contributed by atoms with Gasteiger partial charge in [0, 0.05) is 10.8 Å². The van der Waals surface area contributed by atoms with Gasteiger partial charge in [-0.3, -0.25) is 0 Å². The van der Waals surface area contributed by atoms with Crippen molar-refractivity contribution in [3.05, 3.63) is 192 Å². The second-order valence-corrected chi connectivity index (χ2v) is 11.6. The molecular formula is C51H32O. The van der Waals surface area contributed by atoms with Crippen LogP contribution in [0, 0.1) is 0 Å². The van der Waals surface area contributed by atoms with Crippen LogP contribution < -0.4 is 0 Å². The van der Waals surface area contributed by atoms with Gasteiger partial charge in [-0.05, 0) is 112 Å². The van der Waals surface area contributed by atoms with Crippen molar-refractivity contribution >= 4 is 75.8 Å². The molecule has 1 aromatic heterocycles. The lowest BCUT2D eigenvalue weighted by atomic mass is 9.85. The Kier molecular flexibility index (Phi) is 2.68. The van der Waals surface area contributed by atoms with Gasteiger partial charge in [0.2, 0.25) is 0 Å². The van der Waals surface area contributed by atoms with Gasteiger partial charge >= 0.3 is 0 Å². The van der Waals surface area contributed by atoms with E-state index in [1.807, 2.05) is 0 Å². The van der Waals surface area contributed by atoms with E-state index in [1.165, 1.54) is 0 Å². The molecule has 1 nitrogen and oxygen atoms in total. The molecular weight excluding hydrogens is 629 g/mol. The Morgan fingerprint density at radius 1 is 0.365 bits per heavy atom. The summed E-state index contributed by atoms with van der Waals surface area (Å²) in [5, 5.41) is -6.81. The topological polar surface area (TPSA) is 13.1 Å². The molecule has 0 atom stereocenters. The normalized spacial score (nSPS) is 20.0. The van der Waals surface area contributed by atoms with Crippen LogP contribution in [0.2, 0.25) is 0 Å². The zero-order valence-electron chi connectivity index (χ0n) is 56.1. The van der Waals surface area contributed by atoms with Crippen LogP contribution in [0.15, 0.2) is 186 Å². The Morgan fingerprint density at radius 3 is 1.65 bits per heavy atom. The van der Waals surface area contributed by atoms with Gasteiger partial charge in [-0.1, -0.05) is 163 Å². The van der Waals surface area contributed by atoms with Crippen LogP contribution in [0.3, 0.4) is 0 Å². The van der Waals surface area contributed by atoms with Crippen molar-refractivity contribution in [2.75, 3.05) is 0 Å². The van der Waals surface area contributed by atoms with Crippen molar-refractivity contribution in [2.45, 2.75) is 6.42 Å². The first-order chi connectivity index (χ1) is 38.3. The predicted octanol–water partition coefficient (Wildman–Crippen LogP) is 14.3. The van der Waals surface area contributed by atoms with Gasteiger partial charge in [0.05, 0.1) is 41.1 Å². The summed E-state index contributed by atoms with van der Waals surface area (Å²) >= 11 is 0. The second-order valence-electron chi connectivity index (χ2n) is 11.6. The van der Waals surface area contributed by atoms with Crippen molar-refractivity contribution in [1.29, 1.82) is 0 Å². The summed E-state index contributed by atoms with van der Waals surface area (Å²) in [6.45, 7) is 0. The van der Waals surface area contributed by atoms with E-state index < -0.39 is 297 Å². The molecule has 10 aromatic carbocycles. The Balaban J connectivity index is 1.35. The van der Waals surface area contributed by atoms with E-state index in [9.17, 15) is 15.1 Å². The fourth-order valence-corrected chi connectivity index (χ4v) is 6.60. The van der Waals surface area contributed by atoms with Crippen molar-refractivity contribution in [2.24, 2.45) is 0 Å². The minimum Gasteiger partial charge on any atom is -0.456 e. The van der Waals surface area contributed by atoms with Gasteiger partial charge in [0.1, 0.15) is 11.2 Å². The van der Waals surface area contributed by atoms with E-state index in [0.717, 1.165) is 0 Å². The van der Waals surface area contributed by atoms with E-state index in [4.69, 9.17) is 30.5 Å². The highest BCUT2D eigenvalue weighted by Crippen LogP contribution is 2.45. The second kappa shape index (κ2) is 11.4. The summed E-state index contributed by atoms with van der Waals surface area (Å²) in [7, 11) is 0. The highest BCUT2D eigenvalue weighted by molar-refractivity contribution is 6.23. The summed E-state index contributed by atoms with van der Waals surface area (Å²) in [4.78, 5) is 0. The molecule has 52 heavy (non-hydrogen) atoms. The van der Waals surface area contributed by atoms with Crippen LogP contribution in [-0.4, -0.2) is 0 Å². The predicted molar refractivity (Wildman–Crippen MR) is 221 cm³/mol. The largest absolute Gasteiger partial charge is 0.456 e. The Labute approximate surface area is 343 Å². The van der Waals surface area contributed by atoms with E-state index in [1.54, 1.807) is 0 Å². The van der Waals surface area contributed by atoms with E-state index >= 15 is 0 Å². The molecule has 0 amide bonds. The third kappa shape index (κ3) is 4.43. The monoisotopic (exact) mass is 690 g/mol. The average Bonchev–Trinajstić information content (AvgIpc) is 1.19. The summed E-state index contributed by atoms with van der Waals surface area (Å²) in [6.07, 6.45) is -0.942. The summed E-state index contributed by atoms with van der Waals surface area (Å²) in [5.41, 5.74) is -5.37. The van der Waals surface area contributed by atoms with Gasteiger partial charge in [0.25, 0.3) is 0 Å². The number of rotatable bonds is 4. The molecule has 0 spiro atoms. The van der Waals surface area contributed by atoms with E-state index in [0.29, 0.717) is 0 Å². The van der Waals surface area contributed by atoms with Gasteiger partial charge in [0.15, 0.2) is 0 Å². The summed E-state index contributed by atoms with van der Waals surface area (Å²) in [5.74, 6) is 0. The molecule has 0 N–H and O–H groups in total.